The summed E-state index contributed by atoms with van der Waals surface area (Å²) in [6.07, 6.45) is 9.57. The molecule has 172 valence electrons. The minimum atomic E-state index is -0.0817. The van der Waals surface area contributed by atoms with Crippen LogP contribution in [0.4, 0.5) is 4.79 Å². The second-order valence-corrected chi connectivity index (χ2v) is 10.4. The van der Waals surface area contributed by atoms with E-state index in [9.17, 15) is 4.79 Å². The maximum Gasteiger partial charge on any atom is 0.410 e. The van der Waals surface area contributed by atoms with Crippen LogP contribution in [0.15, 0.2) is 22.7 Å². The van der Waals surface area contributed by atoms with Crippen LogP contribution >= 0.6 is 15.9 Å². The van der Waals surface area contributed by atoms with E-state index in [-0.39, 0.29) is 6.09 Å². The lowest BCUT2D eigenvalue weighted by molar-refractivity contribution is 0.00642. The fraction of sp³-hybridized carbons (Fsp3) is 0.720. The van der Waals surface area contributed by atoms with Crippen LogP contribution in [0.3, 0.4) is 0 Å². The van der Waals surface area contributed by atoms with E-state index in [0.717, 1.165) is 51.2 Å². The molecule has 1 saturated carbocycles. The van der Waals surface area contributed by atoms with E-state index in [0.29, 0.717) is 31.1 Å². The van der Waals surface area contributed by atoms with Gasteiger partial charge in [0.25, 0.3) is 0 Å². The van der Waals surface area contributed by atoms with E-state index in [1.807, 2.05) is 17.9 Å². The first-order chi connectivity index (χ1) is 15.1. The molecule has 1 aliphatic carbocycles. The van der Waals surface area contributed by atoms with Gasteiger partial charge in [0.2, 0.25) is 0 Å². The number of ether oxygens (including phenoxy) is 2. The molecule has 5 nitrogen and oxygen atoms in total. The molecule has 0 spiro atoms. The Morgan fingerprint density at radius 1 is 1.10 bits per heavy atom. The molecule has 3 aliphatic rings. The highest BCUT2D eigenvalue weighted by Gasteiger charge is 2.34. The molecule has 1 amide bonds. The Morgan fingerprint density at radius 3 is 2.61 bits per heavy atom. The van der Waals surface area contributed by atoms with Gasteiger partial charge < -0.3 is 19.3 Å². The lowest BCUT2D eigenvalue weighted by Gasteiger charge is -2.41. The van der Waals surface area contributed by atoms with Crippen LogP contribution in [-0.2, 0) is 11.2 Å². The van der Waals surface area contributed by atoms with Crippen LogP contribution < -0.4 is 4.74 Å². The van der Waals surface area contributed by atoms with Crippen molar-refractivity contribution in [3.63, 3.8) is 0 Å². The number of cyclic esters (lactones) is 1. The van der Waals surface area contributed by atoms with Crippen LogP contribution in [-0.4, -0.2) is 61.3 Å². The summed E-state index contributed by atoms with van der Waals surface area (Å²) in [6, 6.07) is 6.74. The van der Waals surface area contributed by atoms with Crippen molar-refractivity contribution in [1.82, 2.24) is 9.80 Å². The zero-order valence-electron chi connectivity index (χ0n) is 18.9. The van der Waals surface area contributed by atoms with E-state index in [4.69, 9.17) is 9.47 Å². The molecule has 0 bridgehead atoms. The molecule has 2 aliphatic heterocycles. The monoisotopic (exact) mass is 492 g/mol. The van der Waals surface area contributed by atoms with Crippen molar-refractivity contribution in [3.05, 3.63) is 28.2 Å². The summed E-state index contributed by atoms with van der Waals surface area (Å²) < 4.78 is 12.5. The number of benzene rings is 1. The number of carbonyl (C=O) groups is 1. The molecule has 6 heteroatoms. The Morgan fingerprint density at radius 2 is 1.87 bits per heavy atom. The van der Waals surface area contributed by atoms with Gasteiger partial charge in [-0.15, -0.1) is 0 Å². The van der Waals surface area contributed by atoms with Gasteiger partial charge in [-0.3, -0.25) is 0 Å². The summed E-state index contributed by atoms with van der Waals surface area (Å²) in [6.45, 7) is 7.52. The normalized spacial score (nSPS) is 24.3. The average Bonchev–Trinajstić information content (AvgIpc) is 2.79. The van der Waals surface area contributed by atoms with Crippen molar-refractivity contribution >= 4 is 22.0 Å². The quantitative estimate of drug-likeness (QED) is 0.503. The van der Waals surface area contributed by atoms with Crippen molar-refractivity contribution in [2.75, 3.05) is 39.4 Å². The van der Waals surface area contributed by atoms with E-state index in [1.165, 1.54) is 42.1 Å². The van der Waals surface area contributed by atoms with Gasteiger partial charge in [-0.05, 0) is 81.8 Å². The van der Waals surface area contributed by atoms with Crippen molar-refractivity contribution < 1.29 is 14.3 Å². The van der Waals surface area contributed by atoms with E-state index in [1.54, 1.807) is 0 Å². The predicted octanol–water partition coefficient (Wildman–Crippen LogP) is 5.50. The van der Waals surface area contributed by atoms with E-state index < -0.39 is 0 Å². The SMILES string of the molecule is CCOc1ccc(Br)c(CC2CCN(CC3COC(=O)N(C4CCCCC4)C3)CC2)c1. The molecule has 2 heterocycles. The van der Waals surface area contributed by atoms with Gasteiger partial charge in [0, 0.05) is 29.5 Å². The topological polar surface area (TPSA) is 42.0 Å². The third kappa shape index (κ3) is 6.16. The van der Waals surface area contributed by atoms with E-state index >= 15 is 0 Å². The maximum absolute atomic E-state index is 12.3. The Bertz CT molecular complexity index is 729. The van der Waals surface area contributed by atoms with Crippen molar-refractivity contribution in [2.24, 2.45) is 11.8 Å². The molecule has 2 saturated heterocycles. The summed E-state index contributed by atoms with van der Waals surface area (Å²) >= 11 is 3.72. The van der Waals surface area contributed by atoms with Crippen LogP contribution in [0.1, 0.15) is 57.4 Å². The summed E-state index contributed by atoms with van der Waals surface area (Å²) in [5, 5.41) is 0. The molecule has 1 aromatic carbocycles. The van der Waals surface area contributed by atoms with Crippen molar-refractivity contribution in [3.8, 4) is 5.75 Å². The highest BCUT2D eigenvalue weighted by atomic mass is 79.9. The second-order valence-electron chi connectivity index (χ2n) is 9.52. The smallest absolute Gasteiger partial charge is 0.410 e. The molecule has 31 heavy (non-hydrogen) atoms. The maximum atomic E-state index is 12.3. The van der Waals surface area contributed by atoms with Gasteiger partial charge in [-0.1, -0.05) is 35.2 Å². The molecule has 1 aromatic rings. The summed E-state index contributed by atoms with van der Waals surface area (Å²) in [7, 11) is 0. The van der Waals surface area contributed by atoms with Gasteiger partial charge in [0.15, 0.2) is 0 Å². The highest BCUT2D eigenvalue weighted by Crippen LogP contribution is 2.30. The first kappa shape index (κ1) is 22.9. The summed E-state index contributed by atoms with van der Waals surface area (Å²) in [4.78, 5) is 17.0. The number of hydrogen-bond acceptors (Lipinski definition) is 4. The Balaban J connectivity index is 1.25. The molecular formula is C25H37BrN2O3. The summed E-state index contributed by atoms with van der Waals surface area (Å²) in [5.41, 5.74) is 1.35. The van der Waals surface area contributed by atoms with Gasteiger partial charge >= 0.3 is 6.09 Å². The zero-order chi connectivity index (χ0) is 21.6. The Labute approximate surface area is 195 Å². The van der Waals surface area contributed by atoms with Crippen LogP contribution in [0.2, 0.25) is 0 Å². The number of likely N-dealkylation sites (tertiary alicyclic amines) is 1. The van der Waals surface area contributed by atoms with Gasteiger partial charge in [-0.25, -0.2) is 4.79 Å². The van der Waals surface area contributed by atoms with Crippen LogP contribution in [0, 0.1) is 11.8 Å². The molecular weight excluding hydrogens is 456 g/mol. The van der Waals surface area contributed by atoms with Gasteiger partial charge in [-0.2, -0.15) is 0 Å². The predicted molar refractivity (Wildman–Crippen MR) is 127 cm³/mol. The molecule has 4 rings (SSSR count). The van der Waals surface area contributed by atoms with Crippen LogP contribution in [0.25, 0.3) is 0 Å². The third-order valence-corrected chi connectivity index (χ3v) is 7.98. The first-order valence-electron chi connectivity index (χ1n) is 12.2. The van der Waals surface area contributed by atoms with Crippen molar-refractivity contribution in [1.29, 1.82) is 0 Å². The molecule has 1 atom stereocenters. The number of amides is 1. The minimum Gasteiger partial charge on any atom is -0.494 e. The molecule has 3 fully saturated rings. The number of halogens is 1. The lowest BCUT2D eigenvalue weighted by atomic mass is 9.89. The Hall–Kier alpha value is -1.27. The van der Waals surface area contributed by atoms with Crippen LogP contribution in [0.5, 0.6) is 5.75 Å². The highest BCUT2D eigenvalue weighted by molar-refractivity contribution is 9.10. The van der Waals surface area contributed by atoms with E-state index in [2.05, 4.69) is 33.0 Å². The van der Waals surface area contributed by atoms with Gasteiger partial charge in [0.1, 0.15) is 5.75 Å². The Kier molecular flexibility index (Phi) is 8.16. The lowest BCUT2D eigenvalue weighted by Crippen LogP contribution is -2.52. The fourth-order valence-corrected chi connectivity index (χ4v) is 5.90. The molecule has 0 N–H and O–H groups in total. The number of hydrogen-bond donors (Lipinski definition) is 0. The average molecular weight is 493 g/mol. The van der Waals surface area contributed by atoms with Gasteiger partial charge in [0.05, 0.1) is 13.2 Å². The third-order valence-electron chi connectivity index (χ3n) is 7.21. The standard InChI is InChI=1S/C25H37BrN2O3/c1-2-30-23-8-9-24(26)21(15-23)14-19-10-12-27(13-11-19)16-20-17-28(25(29)31-18-20)22-6-4-3-5-7-22/h8-9,15,19-20,22H,2-7,10-14,16-18H2,1H3. The number of rotatable bonds is 7. The zero-order valence-corrected chi connectivity index (χ0v) is 20.4. The minimum absolute atomic E-state index is 0.0817. The first-order valence-corrected chi connectivity index (χ1v) is 13.0. The summed E-state index contributed by atoms with van der Waals surface area (Å²) in [5.74, 6) is 2.12. The second kappa shape index (κ2) is 11.0. The number of nitrogens with zero attached hydrogens (tertiary/aromatic N) is 2. The number of carbonyl (C=O) groups excluding carboxylic acids is 1. The fourth-order valence-electron chi connectivity index (χ4n) is 5.49. The molecule has 0 aromatic heterocycles. The molecule has 1 unspecified atom stereocenters. The number of piperidine rings is 1. The molecule has 0 radical (unpaired) electrons. The van der Waals surface area contributed by atoms with Crippen molar-refractivity contribution in [2.45, 2.75) is 64.3 Å². The largest absolute Gasteiger partial charge is 0.494 e.